The van der Waals surface area contributed by atoms with E-state index in [1.165, 1.54) is 78.4 Å². The van der Waals surface area contributed by atoms with Crippen LogP contribution in [0.15, 0.2) is 18.2 Å². The van der Waals surface area contributed by atoms with E-state index >= 15 is 0 Å². The fourth-order valence-electron chi connectivity index (χ4n) is 4.23. The third-order valence-corrected chi connectivity index (χ3v) is 7.46. The Kier molecular flexibility index (Phi) is 10.7. The third kappa shape index (κ3) is 7.28. The molecule has 0 bridgehead atoms. The van der Waals surface area contributed by atoms with Crippen molar-refractivity contribution in [1.82, 2.24) is 0 Å². The summed E-state index contributed by atoms with van der Waals surface area (Å²) in [5.74, 6) is 1.85. The van der Waals surface area contributed by atoms with E-state index in [9.17, 15) is 9.36 Å². The molecule has 158 valence electrons. The Morgan fingerprint density at radius 2 is 1.50 bits per heavy atom. The van der Waals surface area contributed by atoms with Crippen molar-refractivity contribution in [1.29, 1.82) is 0 Å². The van der Waals surface area contributed by atoms with Crippen LogP contribution < -0.4 is 9.47 Å². The second-order valence-corrected chi connectivity index (χ2v) is 9.75. The van der Waals surface area contributed by atoms with E-state index in [1.807, 2.05) is 0 Å². The minimum absolute atomic E-state index is 0.319. The van der Waals surface area contributed by atoms with Crippen molar-refractivity contribution in [2.24, 2.45) is 5.92 Å². The van der Waals surface area contributed by atoms with E-state index < -0.39 is 7.80 Å². The first-order valence-corrected chi connectivity index (χ1v) is 12.6. The number of ether oxygens (including phenoxy) is 2. The molecule has 1 aromatic carbocycles. The van der Waals surface area contributed by atoms with Gasteiger partial charge in [-0.15, -0.1) is 0 Å². The number of hydrogen-bond donors (Lipinski definition) is 0. The van der Waals surface area contributed by atoms with Gasteiger partial charge in [0.15, 0.2) is 0 Å². The summed E-state index contributed by atoms with van der Waals surface area (Å²) in [5.41, 5.74) is -0.00844. The summed E-state index contributed by atoms with van der Waals surface area (Å²) >= 11 is 0. The Hall–Kier alpha value is -1.28. The largest absolute Gasteiger partial charge is 0.496 e. The minimum atomic E-state index is -2.34. The molecule has 5 heteroatoms. The standard InChI is InChI=1S/C23H37O4P/c1-26-20-16-12-17-21(27-2)22(20)23(24)28(25)18-11-6-4-3-5-8-13-19-14-9-7-10-15-19/h12,16-17,19,28H,3-11,13-15,18H2,1-2H3. The second kappa shape index (κ2) is 13.0. The van der Waals surface area contributed by atoms with Gasteiger partial charge in [0.05, 0.1) is 14.2 Å². The van der Waals surface area contributed by atoms with Crippen molar-refractivity contribution in [2.75, 3.05) is 20.4 Å². The molecule has 4 nitrogen and oxygen atoms in total. The molecule has 2 rings (SSSR count). The molecule has 0 aliphatic heterocycles. The number of hydrogen-bond acceptors (Lipinski definition) is 4. The van der Waals surface area contributed by atoms with Crippen LogP contribution in [0.5, 0.6) is 11.5 Å². The maximum Gasteiger partial charge on any atom is 0.225 e. The van der Waals surface area contributed by atoms with Crippen LogP contribution in [-0.2, 0) is 4.57 Å². The van der Waals surface area contributed by atoms with Gasteiger partial charge in [0.25, 0.3) is 0 Å². The summed E-state index contributed by atoms with van der Waals surface area (Å²) < 4.78 is 23.0. The summed E-state index contributed by atoms with van der Waals surface area (Å²) in [6.07, 6.45) is 16.1. The molecule has 0 spiro atoms. The van der Waals surface area contributed by atoms with Crippen molar-refractivity contribution in [3.63, 3.8) is 0 Å². The quantitative estimate of drug-likeness (QED) is 0.269. The first-order chi connectivity index (χ1) is 13.7. The SMILES string of the molecule is COc1cccc(OC)c1C(=O)[PH](=O)CCCCCCCCC1CCCCC1. The van der Waals surface area contributed by atoms with Crippen molar-refractivity contribution >= 4 is 13.3 Å². The maximum absolute atomic E-state index is 12.6. The molecule has 1 aliphatic rings. The van der Waals surface area contributed by atoms with Gasteiger partial charge in [-0.3, -0.25) is 4.79 Å². The Balaban J connectivity index is 1.62. The van der Waals surface area contributed by atoms with Crippen molar-refractivity contribution < 1.29 is 18.8 Å². The summed E-state index contributed by atoms with van der Waals surface area (Å²) in [5, 5.41) is 0. The highest BCUT2D eigenvalue weighted by molar-refractivity contribution is 7.64. The highest BCUT2D eigenvalue weighted by atomic mass is 31.1. The second-order valence-electron chi connectivity index (χ2n) is 7.95. The van der Waals surface area contributed by atoms with E-state index in [1.54, 1.807) is 18.2 Å². The van der Waals surface area contributed by atoms with E-state index in [0.29, 0.717) is 23.2 Å². The lowest BCUT2D eigenvalue weighted by Gasteiger charge is -2.21. The van der Waals surface area contributed by atoms with Crippen LogP contribution in [0.4, 0.5) is 0 Å². The van der Waals surface area contributed by atoms with E-state index in [0.717, 1.165) is 18.8 Å². The van der Waals surface area contributed by atoms with Crippen LogP contribution >= 0.6 is 7.80 Å². The van der Waals surface area contributed by atoms with Gasteiger partial charge in [-0.1, -0.05) is 76.7 Å². The van der Waals surface area contributed by atoms with Gasteiger partial charge in [-0.25, -0.2) is 0 Å². The predicted molar refractivity (Wildman–Crippen MR) is 117 cm³/mol. The Labute approximate surface area is 171 Å². The molecule has 1 aliphatic carbocycles. The molecule has 0 saturated heterocycles. The van der Waals surface area contributed by atoms with Crippen molar-refractivity contribution in [3.8, 4) is 11.5 Å². The highest BCUT2D eigenvalue weighted by Crippen LogP contribution is 2.38. The molecule has 0 amide bonds. The molecule has 1 aromatic rings. The lowest BCUT2D eigenvalue weighted by molar-refractivity contribution is 0.107. The van der Waals surface area contributed by atoms with E-state index in [2.05, 4.69) is 0 Å². The summed E-state index contributed by atoms with van der Waals surface area (Å²) in [6, 6.07) is 5.18. The summed E-state index contributed by atoms with van der Waals surface area (Å²) in [6.45, 7) is 0. The lowest BCUT2D eigenvalue weighted by atomic mass is 9.85. The predicted octanol–water partition coefficient (Wildman–Crippen LogP) is 6.71. The molecule has 0 heterocycles. The average molecular weight is 409 g/mol. The first kappa shape index (κ1) is 23.0. The van der Waals surface area contributed by atoms with Gasteiger partial charge in [-0.05, 0) is 24.5 Å². The number of unbranched alkanes of at least 4 members (excludes halogenated alkanes) is 5. The zero-order valence-electron chi connectivity index (χ0n) is 17.6. The van der Waals surface area contributed by atoms with Crippen LogP contribution in [-0.4, -0.2) is 25.9 Å². The molecule has 1 saturated carbocycles. The number of methoxy groups -OCH3 is 2. The normalized spacial score (nSPS) is 15.9. The molecule has 1 atom stereocenters. The number of benzene rings is 1. The molecule has 0 N–H and O–H groups in total. The Morgan fingerprint density at radius 3 is 2.11 bits per heavy atom. The molecule has 0 radical (unpaired) electrons. The van der Waals surface area contributed by atoms with Crippen LogP contribution in [0.2, 0.25) is 0 Å². The third-order valence-electron chi connectivity index (χ3n) is 5.90. The average Bonchev–Trinajstić information content (AvgIpc) is 2.74. The lowest BCUT2D eigenvalue weighted by Crippen LogP contribution is -2.05. The molecular formula is C23H37O4P. The highest BCUT2D eigenvalue weighted by Gasteiger charge is 2.22. The van der Waals surface area contributed by atoms with Gasteiger partial charge in [0.1, 0.15) is 24.9 Å². The van der Waals surface area contributed by atoms with Gasteiger partial charge in [0, 0.05) is 6.16 Å². The molecule has 1 fully saturated rings. The molecule has 0 aromatic heterocycles. The summed E-state index contributed by atoms with van der Waals surface area (Å²) in [7, 11) is 0.678. The number of carbonyl (C=O) groups is 1. The number of carbonyl (C=O) groups excluding carboxylic acids is 1. The molecular weight excluding hydrogens is 371 g/mol. The fraction of sp³-hybridized carbons (Fsp3) is 0.696. The van der Waals surface area contributed by atoms with Gasteiger partial charge in [0.2, 0.25) is 5.52 Å². The molecule has 1 unspecified atom stereocenters. The van der Waals surface area contributed by atoms with Crippen LogP contribution in [0.3, 0.4) is 0 Å². The fourth-order valence-corrected chi connectivity index (χ4v) is 5.55. The van der Waals surface area contributed by atoms with Crippen LogP contribution in [0, 0.1) is 5.92 Å². The van der Waals surface area contributed by atoms with E-state index in [4.69, 9.17) is 9.47 Å². The van der Waals surface area contributed by atoms with E-state index in [-0.39, 0.29) is 5.52 Å². The van der Waals surface area contributed by atoms with Gasteiger partial charge in [-0.2, -0.15) is 0 Å². The maximum atomic E-state index is 12.6. The Morgan fingerprint density at radius 1 is 0.929 bits per heavy atom. The monoisotopic (exact) mass is 408 g/mol. The number of rotatable bonds is 13. The van der Waals surface area contributed by atoms with Crippen molar-refractivity contribution in [3.05, 3.63) is 23.8 Å². The Bertz CT molecular complexity index is 601. The van der Waals surface area contributed by atoms with Crippen LogP contribution in [0.25, 0.3) is 0 Å². The zero-order valence-corrected chi connectivity index (χ0v) is 18.6. The smallest absolute Gasteiger partial charge is 0.225 e. The van der Waals surface area contributed by atoms with Gasteiger partial charge < -0.3 is 14.0 Å². The molecule has 28 heavy (non-hydrogen) atoms. The van der Waals surface area contributed by atoms with Crippen LogP contribution in [0.1, 0.15) is 87.4 Å². The van der Waals surface area contributed by atoms with Crippen molar-refractivity contribution in [2.45, 2.75) is 77.0 Å². The first-order valence-electron chi connectivity index (χ1n) is 11.0. The topological polar surface area (TPSA) is 52.6 Å². The minimum Gasteiger partial charge on any atom is -0.496 e. The summed E-state index contributed by atoms with van der Waals surface area (Å²) in [4.78, 5) is 12.6. The zero-order chi connectivity index (χ0) is 20.2. The van der Waals surface area contributed by atoms with Gasteiger partial charge >= 0.3 is 0 Å².